The van der Waals surface area contributed by atoms with Crippen LogP contribution in [0.2, 0.25) is 0 Å². The van der Waals surface area contributed by atoms with Gasteiger partial charge in [0.15, 0.2) is 0 Å². The number of amidine groups is 1. The molecule has 2 N–H and O–H groups in total. The highest BCUT2D eigenvalue weighted by molar-refractivity contribution is 8.15. The van der Waals surface area contributed by atoms with Gasteiger partial charge in [0, 0.05) is 10.9 Å². The van der Waals surface area contributed by atoms with Crippen molar-refractivity contribution in [1.29, 1.82) is 0 Å². The van der Waals surface area contributed by atoms with Crippen molar-refractivity contribution in [1.82, 2.24) is 0 Å². The summed E-state index contributed by atoms with van der Waals surface area (Å²) in [6, 6.07) is 16.6. The largest absolute Gasteiger partial charge is 0.494 e. The van der Waals surface area contributed by atoms with E-state index in [0.717, 1.165) is 17.5 Å². The summed E-state index contributed by atoms with van der Waals surface area (Å²) in [5.74, 6) is 0.796. The van der Waals surface area contributed by atoms with Crippen LogP contribution in [0.15, 0.2) is 71.2 Å². The molecule has 0 radical (unpaired) electrons. The Balaban J connectivity index is 2.37. The van der Waals surface area contributed by atoms with Crippen molar-refractivity contribution in [3.05, 3.63) is 72.0 Å². The van der Waals surface area contributed by atoms with Gasteiger partial charge in [-0.2, -0.15) is 4.76 Å². The van der Waals surface area contributed by atoms with E-state index in [1.807, 2.05) is 61.5 Å². The van der Waals surface area contributed by atoms with E-state index >= 15 is 0 Å². The van der Waals surface area contributed by atoms with Crippen LogP contribution in [0.4, 0.5) is 0 Å². The second kappa shape index (κ2) is 10.8. The van der Waals surface area contributed by atoms with Crippen molar-refractivity contribution >= 4 is 35.3 Å². The number of hydrogen-bond donors (Lipinski definition) is 1. The van der Waals surface area contributed by atoms with Gasteiger partial charge in [0.05, 0.1) is 19.8 Å². The number of hydrogen-bond acceptors (Lipinski definition) is 5. The molecule has 154 valence electrons. The van der Waals surface area contributed by atoms with E-state index in [0.29, 0.717) is 17.9 Å². The summed E-state index contributed by atoms with van der Waals surface area (Å²) >= 11 is 5.80. The number of benzene rings is 2. The van der Waals surface area contributed by atoms with Gasteiger partial charge in [-0.15, -0.1) is 0 Å². The molecule has 0 saturated carbocycles. The Morgan fingerprint density at radius 2 is 1.83 bits per heavy atom. The van der Waals surface area contributed by atoms with Gasteiger partial charge >= 0.3 is 5.97 Å². The average molecular weight is 432 g/mol. The maximum atomic E-state index is 11.5. The first-order chi connectivity index (χ1) is 13.9. The molecular formula is C21H25N2O4PS. The number of ether oxygens (including phenoxy) is 2. The summed E-state index contributed by atoms with van der Waals surface area (Å²) in [4.78, 5) is 11.5. The van der Waals surface area contributed by atoms with Gasteiger partial charge in [-0.3, -0.25) is 0 Å². The maximum absolute atomic E-state index is 11.5. The Kier molecular flexibility index (Phi) is 8.43. The molecule has 0 amide bonds. The van der Waals surface area contributed by atoms with Gasteiger partial charge in [0.2, 0.25) is 0 Å². The van der Waals surface area contributed by atoms with Gasteiger partial charge < -0.3 is 19.7 Å². The van der Waals surface area contributed by atoms with E-state index < -0.39 is 12.4 Å². The molecule has 0 aromatic heterocycles. The molecule has 0 aliphatic carbocycles. The van der Waals surface area contributed by atoms with Crippen molar-refractivity contribution in [2.75, 3.05) is 13.7 Å². The minimum absolute atomic E-state index is 0.255. The molecular weight excluding hydrogens is 407 g/mol. The Morgan fingerprint density at radius 1 is 1.17 bits per heavy atom. The number of allylic oxidation sites excluding steroid dienone is 1. The first-order valence-corrected chi connectivity index (χ1v) is 11.8. The minimum atomic E-state index is -2.96. The number of esters is 1. The lowest BCUT2D eigenvalue weighted by atomic mass is 10.2. The molecule has 6 nitrogen and oxygen atoms in total. The van der Waals surface area contributed by atoms with Crippen molar-refractivity contribution in [3.8, 4) is 5.75 Å². The molecule has 2 aromatic rings. The molecule has 0 fully saturated rings. The summed E-state index contributed by atoms with van der Waals surface area (Å²) in [5.41, 5.74) is 6.96. The van der Waals surface area contributed by atoms with Gasteiger partial charge in [0.1, 0.15) is 17.3 Å². The summed E-state index contributed by atoms with van der Waals surface area (Å²) in [6.07, 6.45) is -0.793. The first kappa shape index (κ1) is 22.7. The lowest BCUT2D eigenvalue weighted by molar-refractivity contribution is -0.135. The highest BCUT2D eigenvalue weighted by atomic mass is 32.4. The van der Waals surface area contributed by atoms with Gasteiger partial charge in [-0.1, -0.05) is 25.1 Å². The molecule has 2 aromatic carbocycles. The fourth-order valence-electron chi connectivity index (χ4n) is 2.34. The summed E-state index contributed by atoms with van der Waals surface area (Å²) < 4.78 is 20.8. The van der Waals surface area contributed by atoms with Crippen molar-refractivity contribution in [2.45, 2.75) is 20.3 Å². The normalized spacial score (nSPS) is 14.0. The van der Waals surface area contributed by atoms with Crippen molar-refractivity contribution in [3.63, 3.8) is 0 Å². The molecule has 1 atom stereocenters. The monoisotopic (exact) mass is 432 g/mol. The summed E-state index contributed by atoms with van der Waals surface area (Å²) in [5, 5.41) is 0.721. The number of nitrogens with two attached hydrogens (primary N) is 1. The number of carbonyl (C=O) groups excluding carboxylic acids is 1. The summed E-state index contributed by atoms with van der Waals surface area (Å²) in [6.45, 7) is 4.33. The van der Waals surface area contributed by atoms with Crippen LogP contribution in [0.5, 0.6) is 5.75 Å². The molecule has 0 aliphatic heterocycles. The highest BCUT2D eigenvalue weighted by Crippen LogP contribution is 2.50. The quantitative estimate of drug-likeness (QED) is 0.162. The van der Waals surface area contributed by atoms with Crippen LogP contribution in [0, 0.1) is 0 Å². The molecule has 0 heterocycles. The van der Waals surface area contributed by atoms with Gasteiger partial charge in [-0.05, 0) is 61.5 Å². The number of rotatable bonds is 9. The number of carbonyl (C=O) groups is 1. The van der Waals surface area contributed by atoms with E-state index in [9.17, 15) is 4.79 Å². The standard InChI is InChI=1S/C21H25N2O4PS/c1-4-14-26-18-12-10-17(11-13-18)21(22)23-28(29,19-8-6-5-7-9-19)27-16(2)15-20(24)25-3/h5-13,15H,4,14H2,1-3H3,(H2,22,23,29). The molecule has 8 heteroatoms. The van der Waals surface area contributed by atoms with Gasteiger partial charge in [-0.25, -0.2) is 4.79 Å². The third-order valence-electron chi connectivity index (χ3n) is 3.73. The Morgan fingerprint density at radius 3 is 2.41 bits per heavy atom. The van der Waals surface area contributed by atoms with Crippen molar-refractivity contribution in [2.24, 2.45) is 10.5 Å². The second-order valence-electron chi connectivity index (χ2n) is 6.08. The zero-order valence-corrected chi connectivity index (χ0v) is 18.4. The molecule has 1 unspecified atom stereocenters. The Hall–Kier alpha value is -2.63. The van der Waals surface area contributed by atoms with E-state index in [1.54, 1.807) is 6.92 Å². The Bertz CT molecular complexity index is 927. The van der Waals surface area contributed by atoms with Crippen LogP contribution in [-0.2, 0) is 25.9 Å². The molecule has 0 aliphatic rings. The van der Waals surface area contributed by atoms with E-state index in [1.165, 1.54) is 13.2 Å². The predicted octanol–water partition coefficient (Wildman–Crippen LogP) is 3.91. The predicted molar refractivity (Wildman–Crippen MR) is 120 cm³/mol. The van der Waals surface area contributed by atoms with E-state index in [4.69, 9.17) is 26.8 Å². The van der Waals surface area contributed by atoms with Crippen LogP contribution in [0.25, 0.3) is 0 Å². The molecule has 0 saturated heterocycles. The second-order valence-corrected chi connectivity index (χ2v) is 9.51. The molecule has 0 spiro atoms. The zero-order valence-electron chi connectivity index (χ0n) is 16.7. The minimum Gasteiger partial charge on any atom is -0.494 e. The lowest BCUT2D eigenvalue weighted by Gasteiger charge is -2.20. The number of nitrogens with zero attached hydrogens (tertiary/aromatic N) is 1. The third kappa shape index (κ3) is 6.73. The SMILES string of the molecule is CCCOc1ccc(C(N)=NP(=S)(OC(C)=CC(=O)OC)c2ccccc2)cc1. The van der Waals surface area contributed by atoms with Crippen molar-refractivity contribution < 1.29 is 18.8 Å². The van der Waals surface area contributed by atoms with E-state index in [-0.39, 0.29) is 5.84 Å². The Labute approximate surface area is 176 Å². The highest BCUT2D eigenvalue weighted by Gasteiger charge is 2.23. The van der Waals surface area contributed by atoms with Crippen LogP contribution < -0.4 is 15.8 Å². The third-order valence-corrected chi connectivity index (χ3v) is 6.80. The molecule has 29 heavy (non-hydrogen) atoms. The maximum Gasteiger partial charge on any atom is 0.333 e. The fraction of sp³-hybridized carbons (Fsp3) is 0.238. The van der Waals surface area contributed by atoms with Crippen LogP contribution in [0.3, 0.4) is 0 Å². The molecule has 2 rings (SSSR count). The van der Waals surface area contributed by atoms with E-state index in [2.05, 4.69) is 9.50 Å². The van der Waals surface area contributed by atoms with Crippen LogP contribution >= 0.6 is 6.42 Å². The smallest absolute Gasteiger partial charge is 0.333 e. The average Bonchev–Trinajstić information content (AvgIpc) is 2.72. The number of methoxy groups -OCH3 is 1. The molecule has 0 bridgehead atoms. The lowest BCUT2D eigenvalue weighted by Crippen LogP contribution is -2.16. The first-order valence-electron chi connectivity index (χ1n) is 9.08. The summed E-state index contributed by atoms with van der Waals surface area (Å²) in [7, 11) is 1.30. The topological polar surface area (TPSA) is 83.1 Å². The van der Waals surface area contributed by atoms with Crippen LogP contribution in [-0.4, -0.2) is 25.5 Å². The van der Waals surface area contributed by atoms with Gasteiger partial charge in [0.25, 0.3) is 6.42 Å². The van der Waals surface area contributed by atoms with Crippen LogP contribution in [0.1, 0.15) is 25.8 Å². The zero-order chi connectivity index (χ0) is 21.3. The fourth-order valence-corrected chi connectivity index (χ4v) is 4.97.